The number of aryl methyl sites for hydroxylation is 2. The highest BCUT2D eigenvalue weighted by atomic mass is 14.9. The molecule has 1 N–H and O–H groups in total. The zero-order valence-corrected chi connectivity index (χ0v) is 12.9. The van der Waals surface area contributed by atoms with Crippen molar-refractivity contribution in [2.24, 2.45) is 0 Å². The summed E-state index contributed by atoms with van der Waals surface area (Å²) in [5, 5.41) is 0. The third-order valence-corrected chi connectivity index (χ3v) is 4.24. The molecule has 0 unspecified atom stereocenters. The summed E-state index contributed by atoms with van der Waals surface area (Å²) in [5.74, 6) is 0. The van der Waals surface area contributed by atoms with Crippen LogP contribution in [0.3, 0.4) is 0 Å². The van der Waals surface area contributed by atoms with E-state index in [1.165, 1.54) is 16.7 Å². The smallest absolute Gasteiger partial charge is 0.0923 e. The van der Waals surface area contributed by atoms with E-state index >= 15 is 0 Å². The molecule has 2 nitrogen and oxygen atoms in total. The van der Waals surface area contributed by atoms with Crippen molar-refractivity contribution in [1.82, 2.24) is 9.97 Å². The number of imidazole rings is 1. The van der Waals surface area contributed by atoms with Crippen molar-refractivity contribution in [2.75, 3.05) is 0 Å². The summed E-state index contributed by atoms with van der Waals surface area (Å²) < 4.78 is 0. The number of nitrogens with one attached hydrogen (secondary N) is 1. The Hall–Kier alpha value is -2.35. The molecule has 1 heterocycles. The minimum Gasteiger partial charge on any atom is -0.351 e. The molecular formula is C20H21N2. The normalized spacial score (nSPS) is 13.7. The van der Waals surface area contributed by atoms with Gasteiger partial charge in [0.25, 0.3) is 0 Å². The van der Waals surface area contributed by atoms with Crippen LogP contribution >= 0.6 is 0 Å². The molecule has 0 fully saturated rings. The molecule has 1 radical (unpaired) electrons. The Kier molecular flexibility index (Phi) is 4.10. The van der Waals surface area contributed by atoms with E-state index in [0.717, 1.165) is 18.5 Å². The number of nitrogens with zero attached hydrogens (tertiary/aromatic N) is 1. The molecule has 0 amide bonds. The monoisotopic (exact) mass is 289 g/mol. The number of hydrogen-bond acceptors (Lipinski definition) is 1. The summed E-state index contributed by atoms with van der Waals surface area (Å²) >= 11 is 0. The zero-order chi connectivity index (χ0) is 15.4. The highest BCUT2D eigenvalue weighted by Gasteiger charge is 2.30. The van der Waals surface area contributed by atoms with Gasteiger partial charge in [0.2, 0.25) is 0 Å². The SMILES string of the molecule is [CH2][C@](CCc1cccc(C)c1)(c1ccccc1)c1c[nH]cn1. The van der Waals surface area contributed by atoms with Gasteiger partial charge in [0, 0.05) is 11.6 Å². The molecule has 1 atom stereocenters. The van der Waals surface area contributed by atoms with Crippen LogP contribution in [0.15, 0.2) is 67.1 Å². The largest absolute Gasteiger partial charge is 0.351 e. The van der Waals surface area contributed by atoms with Gasteiger partial charge in [-0.25, -0.2) is 4.98 Å². The number of hydrogen-bond donors (Lipinski definition) is 1. The molecule has 0 aliphatic carbocycles. The van der Waals surface area contributed by atoms with Crippen LogP contribution in [0.25, 0.3) is 0 Å². The van der Waals surface area contributed by atoms with Crippen molar-refractivity contribution >= 4 is 0 Å². The summed E-state index contributed by atoms with van der Waals surface area (Å²) in [6.45, 7) is 6.67. The van der Waals surface area contributed by atoms with Gasteiger partial charge in [0.1, 0.15) is 0 Å². The number of aromatic nitrogens is 2. The summed E-state index contributed by atoms with van der Waals surface area (Å²) in [6.07, 6.45) is 5.58. The molecule has 2 aromatic carbocycles. The lowest BCUT2D eigenvalue weighted by atomic mass is 9.75. The van der Waals surface area contributed by atoms with Crippen LogP contribution < -0.4 is 0 Å². The fourth-order valence-corrected chi connectivity index (χ4v) is 2.92. The van der Waals surface area contributed by atoms with Crippen LogP contribution in [0, 0.1) is 13.8 Å². The number of H-pyrrole nitrogens is 1. The predicted octanol–water partition coefficient (Wildman–Crippen LogP) is 4.47. The van der Waals surface area contributed by atoms with Crippen LogP contribution in [0.5, 0.6) is 0 Å². The second-order valence-electron chi connectivity index (χ2n) is 5.89. The molecule has 0 aliphatic rings. The highest BCUT2D eigenvalue weighted by molar-refractivity contribution is 5.37. The fraction of sp³-hybridized carbons (Fsp3) is 0.200. The fourth-order valence-electron chi connectivity index (χ4n) is 2.92. The standard InChI is InChI=1S/C20H21N2/c1-16-7-6-8-17(13-16)11-12-20(2,19-14-21-15-22-19)18-9-4-3-5-10-18/h3-10,13-15H,2,11-12H2,1H3,(H,21,22)/t20-/m0/s1. The Bertz CT molecular complexity index is 716. The molecule has 0 saturated carbocycles. The summed E-state index contributed by atoms with van der Waals surface area (Å²) in [5.41, 5.74) is 4.51. The topological polar surface area (TPSA) is 28.7 Å². The number of rotatable bonds is 5. The highest BCUT2D eigenvalue weighted by Crippen LogP contribution is 2.34. The zero-order valence-electron chi connectivity index (χ0n) is 12.9. The van der Waals surface area contributed by atoms with Gasteiger partial charge >= 0.3 is 0 Å². The Balaban J connectivity index is 1.90. The average Bonchev–Trinajstić information content (AvgIpc) is 3.09. The van der Waals surface area contributed by atoms with Crippen LogP contribution in [-0.4, -0.2) is 9.97 Å². The molecule has 1 aromatic heterocycles. The molecular weight excluding hydrogens is 268 g/mol. The van der Waals surface area contributed by atoms with E-state index < -0.39 is 0 Å². The van der Waals surface area contributed by atoms with Crippen molar-refractivity contribution in [2.45, 2.75) is 25.2 Å². The van der Waals surface area contributed by atoms with Gasteiger partial charge in [0.05, 0.1) is 12.0 Å². The third-order valence-electron chi connectivity index (χ3n) is 4.24. The van der Waals surface area contributed by atoms with E-state index in [1.54, 1.807) is 6.33 Å². The van der Waals surface area contributed by atoms with Crippen LogP contribution in [0.2, 0.25) is 0 Å². The van der Waals surface area contributed by atoms with Gasteiger partial charge in [-0.15, -0.1) is 0 Å². The van der Waals surface area contributed by atoms with Crippen LogP contribution in [0.1, 0.15) is 28.8 Å². The van der Waals surface area contributed by atoms with Gasteiger partial charge in [-0.1, -0.05) is 60.2 Å². The Morgan fingerprint density at radius 2 is 1.91 bits per heavy atom. The van der Waals surface area contributed by atoms with Gasteiger partial charge in [-0.2, -0.15) is 0 Å². The first-order valence-electron chi connectivity index (χ1n) is 7.64. The van der Waals surface area contributed by atoms with E-state index in [-0.39, 0.29) is 5.41 Å². The molecule has 0 bridgehead atoms. The van der Waals surface area contributed by atoms with Crippen molar-refractivity contribution in [1.29, 1.82) is 0 Å². The Morgan fingerprint density at radius 3 is 2.59 bits per heavy atom. The maximum absolute atomic E-state index is 4.54. The molecule has 0 saturated heterocycles. The molecule has 3 rings (SSSR count). The van der Waals surface area contributed by atoms with E-state index in [4.69, 9.17) is 0 Å². The first-order valence-corrected chi connectivity index (χ1v) is 7.64. The summed E-state index contributed by atoms with van der Waals surface area (Å²) in [6, 6.07) is 19.1. The van der Waals surface area contributed by atoms with E-state index in [1.807, 2.05) is 12.3 Å². The molecule has 111 valence electrons. The molecule has 3 aromatic rings. The van der Waals surface area contributed by atoms with Gasteiger partial charge in [-0.3, -0.25) is 0 Å². The van der Waals surface area contributed by atoms with Crippen LogP contribution in [-0.2, 0) is 11.8 Å². The lowest BCUT2D eigenvalue weighted by molar-refractivity contribution is 0.561. The first-order chi connectivity index (χ1) is 10.7. The van der Waals surface area contributed by atoms with E-state index in [2.05, 4.69) is 72.3 Å². The first kappa shape index (κ1) is 14.6. The minimum atomic E-state index is -0.328. The quantitative estimate of drug-likeness (QED) is 0.737. The predicted molar refractivity (Wildman–Crippen MR) is 90.7 cm³/mol. The summed E-state index contributed by atoms with van der Waals surface area (Å²) in [4.78, 5) is 7.54. The average molecular weight is 289 g/mol. The summed E-state index contributed by atoms with van der Waals surface area (Å²) in [7, 11) is 0. The van der Waals surface area contributed by atoms with E-state index in [9.17, 15) is 0 Å². The third kappa shape index (κ3) is 2.96. The maximum atomic E-state index is 4.54. The van der Waals surface area contributed by atoms with Gasteiger partial charge < -0.3 is 4.98 Å². The Labute approximate surface area is 132 Å². The molecule has 0 spiro atoms. The molecule has 0 aliphatic heterocycles. The second kappa shape index (κ2) is 6.18. The van der Waals surface area contributed by atoms with Crippen molar-refractivity contribution in [3.8, 4) is 0 Å². The van der Waals surface area contributed by atoms with Crippen molar-refractivity contribution < 1.29 is 0 Å². The second-order valence-corrected chi connectivity index (χ2v) is 5.89. The van der Waals surface area contributed by atoms with Gasteiger partial charge in [0.15, 0.2) is 0 Å². The molecule has 2 heteroatoms. The van der Waals surface area contributed by atoms with E-state index in [0.29, 0.717) is 0 Å². The van der Waals surface area contributed by atoms with Crippen LogP contribution in [0.4, 0.5) is 0 Å². The maximum Gasteiger partial charge on any atom is 0.0923 e. The van der Waals surface area contributed by atoms with Gasteiger partial charge in [-0.05, 0) is 37.8 Å². The molecule has 22 heavy (non-hydrogen) atoms. The van der Waals surface area contributed by atoms with Crippen molar-refractivity contribution in [3.05, 3.63) is 96.4 Å². The lowest BCUT2D eigenvalue weighted by Crippen LogP contribution is -2.25. The Morgan fingerprint density at radius 1 is 1.09 bits per heavy atom. The number of aromatic amines is 1. The minimum absolute atomic E-state index is 0.328. The lowest BCUT2D eigenvalue weighted by Gasteiger charge is -2.28. The number of benzene rings is 2. The van der Waals surface area contributed by atoms with Crippen molar-refractivity contribution in [3.63, 3.8) is 0 Å².